The molecule has 0 aromatic rings. The summed E-state index contributed by atoms with van der Waals surface area (Å²) < 4.78 is 21.2. The van der Waals surface area contributed by atoms with Crippen molar-refractivity contribution in [2.45, 2.75) is 37.8 Å². The molecule has 1 unspecified atom stereocenters. The predicted octanol–water partition coefficient (Wildman–Crippen LogP) is 1.82. The van der Waals surface area contributed by atoms with Gasteiger partial charge in [-0.05, 0) is 12.8 Å². The minimum absolute atomic E-state index is 0.555. The van der Waals surface area contributed by atoms with E-state index < -0.39 is 8.80 Å². The Kier molecular flexibility index (Phi) is 5.77. The second-order valence-corrected chi connectivity index (χ2v) is 6.94. The number of epoxide rings is 1. The van der Waals surface area contributed by atoms with Crippen LogP contribution in [0.15, 0.2) is 0 Å². The van der Waals surface area contributed by atoms with E-state index in [1.54, 1.807) is 21.3 Å². The topological polar surface area (TPSA) is 40.2 Å². The van der Waals surface area contributed by atoms with Gasteiger partial charge >= 0.3 is 8.80 Å². The lowest BCUT2D eigenvalue weighted by atomic mass is 10.2. The van der Waals surface area contributed by atoms with Gasteiger partial charge in [0, 0.05) is 27.4 Å². The summed E-state index contributed by atoms with van der Waals surface area (Å²) in [7, 11) is 2.68. The Bertz CT molecular complexity index is 161. The highest BCUT2D eigenvalue weighted by atomic mass is 28.4. The van der Waals surface area contributed by atoms with Crippen LogP contribution in [0.1, 0.15) is 25.7 Å². The third-order valence-corrected chi connectivity index (χ3v) is 5.68. The minimum atomic E-state index is -2.31. The molecule has 1 heterocycles. The molecule has 1 saturated heterocycles. The molecule has 0 bridgehead atoms. The smallest absolute Gasteiger partial charge is 0.377 e. The van der Waals surface area contributed by atoms with Crippen LogP contribution < -0.4 is 0 Å². The molecule has 0 spiro atoms. The molecule has 1 atom stereocenters. The van der Waals surface area contributed by atoms with Gasteiger partial charge in [0.2, 0.25) is 0 Å². The van der Waals surface area contributed by atoms with Crippen LogP contribution in [0.2, 0.25) is 6.04 Å². The van der Waals surface area contributed by atoms with E-state index in [1.807, 2.05) is 0 Å². The average Bonchev–Trinajstić information content (AvgIpc) is 3.08. The van der Waals surface area contributed by atoms with Crippen LogP contribution in [0.5, 0.6) is 0 Å². The van der Waals surface area contributed by atoms with Gasteiger partial charge in [0.1, 0.15) is 0 Å². The molecular formula is C10H22O4Si. The first-order valence-electron chi connectivity index (χ1n) is 5.53. The summed E-state index contributed by atoms with van der Waals surface area (Å²) in [5.41, 5.74) is 0. The number of unbranched alkanes of at least 4 members (excludes halogenated alkanes) is 2. The van der Waals surface area contributed by atoms with E-state index in [-0.39, 0.29) is 0 Å². The number of ether oxygens (including phenoxy) is 1. The molecule has 0 aliphatic carbocycles. The molecule has 0 saturated carbocycles. The monoisotopic (exact) mass is 234 g/mol. The maximum absolute atomic E-state index is 5.35. The highest BCUT2D eigenvalue weighted by molar-refractivity contribution is 6.60. The predicted molar refractivity (Wildman–Crippen MR) is 59.8 cm³/mol. The first-order valence-corrected chi connectivity index (χ1v) is 7.46. The van der Waals surface area contributed by atoms with Crippen molar-refractivity contribution in [3.05, 3.63) is 0 Å². The first-order chi connectivity index (χ1) is 7.26. The average molecular weight is 234 g/mol. The second-order valence-electron chi connectivity index (χ2n) is 3.85. The molecule has 0 aromatic heterocycles. The molecule has 1 aliphatic rings. The highest BCUT2D eigenvalue weighted by Gasteiger charge is 2.36. The second kappa shape index (κ2) is 6.60. The van der Waals surface area contributed by atoms with E-state index in [0.29, 0.717) is 6.10 Å². The largest absolute Gasteiger partial charge is 0.500 e. The van der Waals surface area contributed by atoms with E-state index in [0.717, 1.165) is 19.1 Å². The lowest BCUT2D eigenvalue weighted by molar-refractivity contribution is 0.122. The number of rotatable bonds is 9. The van der Waals surface area contributed by atoms with Crippen molar-refractivity contribution in [1.82, 2.24) is 0 Å². The lowest BCUT2D eigenvalue weighted by Crippen LogP contribution is -2.42. The fraction of sp³-hybridized carbons (Fsp3) is 1.00. The van der Waals surface area contributed by atoms with Crippen LogP contribution in [-0.4, -0.2) is 42.8 Å². The van der Waals surface area contributed by atoms with Gasteiger partial charge in [0.05, 0.1) is 12.7 Å². The molecule has 0 radical (unpaired) electrons. The molecule has 4 nitrogen and oxygen atoms in total. The lowest BCUT2D eigenvalue weighted by Gasteiger charge is -2.24. The number of hydrogen-bond acceptors (Lipinski definition) is 4. The zero-order chi connectivity index (χ0) is 11.1. The Morgan fingerprint density at radius 2 is 1.67 bits per heavy atom. The first kappa shape index (κ1) is 13.1. The van der Waals surface area contributed by atoms with Crippen LogP contribution in [-0.2, 0) is 18.0 Å². The molecule has 5 heteroatoms. The van der Waals surface area contributed by atoms with E-state index >= 15 is 0 Å². The van der Waals surface area contributed by atoms with E-state index in [1.165, 1.54) is 19.3 Å². The summed E-state index contributed by atoms with van der Waals surface area (Å²) in [5.74, 6) is 0. The Morgan fingerprint density at radius 1 is 1.07 bits per heavy atom. The minimum Gasteiger partial charge on any atom is -0.377 e. The van der Waals surface area contributed by atoms with Crippen LogP contribution in [0, 0.1) is 0 Å². The molecule has 1 fully saturated rings. The van der Waals surface area contributed by atoms with Crippen LogP contribution in [0.25, 0.3) is 0 Å². The molecule has 0 aromatic carbocycles. The fourth-order valence-electron chi connectivity index (χ4n) is 1.68. The fourth-order valence-corrected chi connectivity index (χ4v) is 3.48. The molecule has 15 heavy (non-hydrogen) atoms. The number of hydrogen-bond donors (Lipinski definition) is 0. The normalized spacial score (nSPS) is 20.6. The molecule has 90 valence electrons. The maximum Gasteiger partial charge on any atom is 0.500 e. The van der Waals surface area contributed by atoms with Crippen molar-refractivity contribution in [3.63, 3.8) is 0 Å². The molecule has 1 rings (SSSR count). The Hall–Kier alpha value is 0.0569. The summed E-state index contributed by atoms with van der Waals surface area (Å²) in [4.78, 5) is 0. The van der Waals surface area contributed by atoms with E-state index in [4.69, 9.17) is 18.0 Å². The summed E-state index contributed by atoms with van der Waals surface area (Å²) >= 11 is 0. The van der Waals surface area contributed by atoms with Crippen LogP contribution >= 0.6 is 0 Å². The molecule has 1 aliphatic heterocycles. The third-order valence-electron chi connectivity index (χ3n) is 2.84. The molecule has 0 amide bonds. The van der Waals surface area contributed by atoms with Crippen molar-refractivity contribution >= 4 is 8.80 Å². The van der Waals surface area contributed by atoms with Crippen molar-refractivity contribution < 1.29 is 18.0 Å². The SMILES string of the molecule is CO[Si](CCCCCC1CO1)(OC)OC. The van der Waals surface area contributed by atoms with Gasteiger partial charge in [0.15, 0.2) is 0 Å². The Morgan fingerprint density at radius 3 is 2.13 bits per heavy atom. The summed E-state index contributed by atoms with van der Waals surface area (Å²) in [6.45, 7) is 0.965. The summed E-state index contributed by atoms with van der Waals surface area (Å²) in [6.07, 6.45) is 5.28. The van der Waals surface area contributed by atoms with Gasteiger partial charge in [-0.3, -0.25) is 0 Å². The zero-order valence-electron chi connectivity index (χ0n) is 9.95. The van der Waals surface area contributed by atoms with Gasteiger partial charge in [-0.25, -0.2) is 0 Å². The Balaban J connectivity index is 2.04. The standard InChI is InChI=1S/C10H22O4Si/c1-11-15(12-2,13-3)8-6-4-5-7-10-9-14-10/h10H,4-9H2,1-3H3. The van der Waals surface area contributed by atoms with Gasteiger partial charge in [0.25, 0.3) is 0 Å². The Labute approximate surface area is 93.2 Å². The van der Waals surface area contributed by atoms with Gasteiger partial charge in [-0.15, -0.1) is 0 Å². The van der Waals surface area contributed by atoms with Crippen LogP contribution in [0.4, 0.5) is 0 Å². The summed E-state index contributed by atoms with van der Waals surface area (Å²) in [5, 5.41) is 0. The maximum atomic E-state index is 5.35. The molecule has 0 N–H and O–H groups in total. The van der Waals surface area contributed by atoms with Gasteiger partial charge in [-0.2, -0.15) is 0 Å². The van der Waals surface area contributed by atoms with E-state index in [2.05, 4.69) is 0 Å². The highest BCUT2D eigenvalue weighted by Crippen LogP contribution is 2.20. The van der Waals surface area contributed by atoms with Gasteiger partial charge in [-0.1, -0.05) is 12.8 Å². The van der Waals surface area contributed by atoms with Crippen molar-refractivity contribution in [2.75, 3.05) is 27.9 Å². The zero-order valence-corrected chi connectivity index (χ0v) is 11.0. The van der Waals surface area contributed by atoms with Gasteiger partial charge < -0.3 is 18.0 Å². The van der Waals surface area contributed by atoms with Crippen molar-refractivity contribution in [3.8, 4) is 0 Å². The van der Waals surface area contributed by atoms with E-state index in [9.17, 15) is 0 Å². The quantitative estimate of drug-likeness (QED) is 0.347. The summed E-state index contributed by atoms with van der Waals surface area (Å²) in [6, 6.07) is 0.905. The van der Waals surface area contributed by atoms with Crippen molar-refractivity contribution in [2.24, 2.45) is 0 Å². The van der Waals surface area contributed by atoms with Crippen molar-refractivity contribution in [1.29, 1.82) is 0 Å². The molecular weight excluding hydrogens is 212 g/mol. The third kappa shape index (κ3) is 4.61. The van der Waals surface area contributed by atoms with Crippen LogP contribution in [0.3, 0.4) is 0 Å².